The number of carboxylic acids is 1. The van der Waals surface area contributed by atoms with E-state index in [1.807, 2.05) is 0 Å². The van der Waals surface area contributed by atoms with E-state index in [0.29, 0.717) is 5.56 Å². The van der Waals surface area contributed by atoms with E-state index >= 15 is 0 Å². The molecule has 13 heavy (non-hydrogen) atoms. The molecule has 1 rings (SSSR count). The van der Waals surface area contributed by atoms with E-state index in [2.05, 4.69) is 0 Å². The first-order valence-electron chi connectivity index (χ1n) is 3.18. The van der Waals surface area contributed by atoms with Crippen LogP contribution >= 0.6 is 11.3 Å². The SMILES string of the molecule is Cc1csc(C(=O)O)c1S(N)(=O)=O. The average molecular weight is 221 g/mol. The number of sulfonamides is 1. The summed E-state index contributed by atoms with van der Waals surface area (Å²) in [7, 11) is -3.94. The molecule has 0 fully saturated rings. The fourth-order valence-corrected chi connectivity index (χ4v) is 3.14. The third-order valence-electron chi connectivity index (χ3n) is 1.40. The predicted molar refractivity (Wildman–Crippen MR) is 47.4 cm³/mol. The molecule has 72 valence electrons. The van der Waals surface area contributed by atoms with Gasteiger partial charge in [0.2, 0.25) is 10.0 Å². The van der Waals surface area contributed by atoms with Crippen LogP contribution in [0.1, 0.15) is 15.2 Å². The number of aromatic carboxylic acids is 1. The Bertz CT molecular complexity index is 445. The van der Waals surface area contributed by atoms with Crippen LogP contribution in [0.3, 0.4) is 0 Å². The minimum atomic E-state index is -3.94. The minimum Gasteiger partial charge on any atom is -0.477 e. The van der Waals surface area contributed by atoms with Gasteiger partial charge >= 0.3 is 5.97 Å². The molecule has 0 amide bonds. The lowest BCUT2D eigenvalue weighted by molar-refractivity contribution is 0.0698. The van der Waals surface area contributed by atoms with Crippen LogP contribution in [0, 0.1) is 6.92 Å². The zero-order chi connectivity index (χ0) is 10.2. The van der Waals surface area contributed by atoms with Gasteiger partial charge in [-0.05, 0) is 17.9 Å². The van der Waals surface area contributed by atoms with Crippen molar-refractivity contribution in [3.8, 4) is 0 Å². The van der Waals surface area contributed by atoms with Crippen LogP contribution in [0.15, 0.2) is 10.3 Å². The van der Waals surface area contributed by atoms with E-state index in [-0.39, 0.29) is 9.77 Å². The Hall–Kier alpha value is -0.920. The maximum absolute atomic E-state index is 11.0. The number of primary sulfonamides is 1. The monoisotopic (exact) mass is 221 g/mol. The van der Waals surface area contributed by atoms with E-state index in [1.54, 1.807) is 0 Å². The predicted octanol–water partition coefficient (Wildman–Crippen LogP) is 0.402. The highest BCUT2D eigenvalue weighted by molar-refractivity contribution is 7.89. The van der Waals surface area contributed by atoms with Crippen molar-refractivity contribution >= 4 is 27.3 Å². The van der Waals surface area contributed by atoms with Gasteiger partial charge in [0.05, 0.1) is 0 Å². The smallest absolute Gasteiger partial charge is 0.347 e. The molecule has 0 aliphatic carbocycles. The Labute approximate surface area is 78.9 Å². The summed E-state index contributed by atoms with van der Waals surface area (Å²) in [4.78, 5) is 10.0. The maximum atomic E-state index is 11.0. The molecule has 7 heteroatoms. The molecule has 0 atom stereocenters. The van der Waals surface area contributed by atoms with Gasteiger partial charge in [0, 0.05) is 0 Å². The molecule has 0 spiro atoms. The number of hydrogen-bond acceptors (Lipinski definition) is 4. The zero-order valence-electron chi connectivity index (χ0n) is 6.64. The van der Waals surface area contributed by atoms with Gasteiger partial charge in [-0.3, -0.25) is 0 Å². The molecule has 1 aromatic heterocycles. The number of nitrogens with two attached hydrogens (primary N) is 1. The Morgan fingerprint density at radius 1 is 1.62 bits per heavy atom. The van der Waals surface area contributed by atoms with E-state index in [9.17, 15) is 13.2 Å². The normalized spacial score (nSPS) is 11.5. The Balaban J connectivity index is 3.51. The highest BCUT2D eigenvalue weighted by atomic mass is 32.2. The number of hydrogen-bond donors (Lipinski definition) is 2. The van der Waals surface area contributed by atoms with Crippen LogP contribution in [0.25, 0.3) is 0 Å². The standard InChI is InChI=1S/C6H7NO4S2/c1-3-2-12-4(6(8)9)5(3)13(7,10)11/h2H,1H3,(H,8,9)(H2,7,10,11). The van der Waals surface area contributed by atoms with Crippen LogP contribution in [-0.2, 0) is 10.0 Å². The fourth-order valence-electron chi connectivity index (χ4n) is 0.935. The molecular weight excluding hydrogens is 214 g/mol. The quantitative estimate of drug-likeness (QED) is 0.755. The second-order valence-electron chi connectivity index (χ2n) is 2.43. The molecule has 0 aromatic carbocycles. The lowest BCUT2D eigenvalue weighted by Crippen LogP contribution is -2.15. The van der Waals surface area contributed by atoms with Gasteiger partial charge in [0.1, 0.15) is 9.77 Å². The van der Waals surface area contributed by atoms with E-state index in [1.165, 1.54) is 12.3 Å². The average Bonchev–Trinajstić information content (AvgIpc) is 2.28. The molecule has 3 N–H and O–H groups in total. The highest BCUT2D eigenvalue weighted by Gasteiger charge is 2.23. The Kier molecular flexibility index (Phi) is 2.42. The topological polar surface area (TPSA) is 97.5 Å². The van der Waals surface area contributed by atoms with Crippen molar-refractivity contribution < 1.29 is 18.3 Å². The van der Waals surface area contributed by atoms with Crippen molar-refractivity contribution in [2.75, 3.05) is 0 Å². The minimum absolute atomic E-state index is 0.236. The lowest BCUT2D eigenvalue weighted by Gasteiger charge is -1.97. The number of rotatable bonds is 2. The molecule has 1 aromatic rings. The Morgan fingerprint density at radius 2 is 2.15 bits per heavy atom. The molecule has 0 unspecified atom stereocenters. The number of carboxylic acid groups (broad SMARTS) is 1. The van der Waals surface area contributed by atoms with Crippen LogP contribution in [0.2, 0.25) is 0 Å². The summed E-state index contributed by atoms with van der Waals surface area (Å²) in [6.45, 7) is 1.50. The summed E-state index contributed by atoms with van der Waals surface area (Å²) in [6.07, 6.45) is 0. The molecule has 5 nitrogen and oxygen atoms in total. The maximum Gasteiger partial charge on any atom is 0.347 e. The van der Waals surface area contributed by atoms with Crippen molar-refractivity contribution in [1.29, 1.82) is 0 Å². The molecule has 0 radical (unpaired) electrons. The summed E-state index contributed by atoms with van der Waals surface area (Å²) in [6, 6.07) is 0. The van der Waals surface area contributed by atoms with Gasteiger partial charge in [0.15, 0.2) is 0 Å². The summed E-state index contributed by atoms with van der Waals surface area (Å²) in [5.74, 6) is -1.28. The first kappa shape index (κ1) is 10.2. The fraction of sp³-hybridized carbons (Fsp3) is 0.167. The molecule has 1 heterocycles. The van der Waals surface area contributed by atoms with Crippen molar-refractivity contribution in [3.63, 3.8) is 0 Å². The van der Waals surface area contributed by atoms with E-state index < -0.39 is 16.0 Å². The van der Waals surface area contributed by atoms with E-state index in [0.717, 1.165) is 11.3 Å². The van der Waals surface area contributed by atoms with Crippen LogP contribution < -0.4 is 5.14 Å². The van der Waals surface area contributed by atoms with Gasteiger partial charge in [-0.1, -0.05) is 0 Å². The molecule has 0 saturated heterocycles. The summed E-state index contributed by atoms with van der Waals surface area (Å²) >= 11 is 0.852. The van der Waals surface area contributed by atoms with Gasteiger partial charge in [-0.25, -0.2) is 18.4 Å². The second-order valence-corrected chi connectivity index (χ2v) is 4.81. The molecule has 0 aliphatic rings. The summed E-state index contributed by atoms with van der Waals surface area (Å²) in [5.41, 5.74) is 0.366. The van der Waals surface area contributed by atoms with Crippen LogP contribution in [0.5, 0.6) is 0 Å². The molecule has 0 aliphatic heterocycles. The first-order valence-corrected chi connectivity index (χ1v) is 5.61. The molecule has 0 bridgehead atoms. The van der Waals surface area contributed by atoms with E-state index in [4.69, 9.17) is 10.2 Å². The number of carbonyl (C=O) groups is 1. The largest absolute Gasteiger partial charge is 0.477 e. The van der Waals surface area contributed by atoms with Crippen LogP contribution in [0.4, 0.5) is 0 Å². The van der Waals surface area contributed by atoms with Crippen molar-refractivity contribution in [2.24, 2.45) is 5.14 Å². The number of aryl methyl sites for hydroxylation is 1. The number of thiophene rings is 1. The second kappa shape index (κ2) is 3.09. The summed E-state index contributed by atoms with van der Waals surface area (Å²) in [5, 5.41) is 14.9. The van der Waals surface area contributed by atoms with Gasteiger partial charge in [0.25, 0.3) is 0 Å². The molecule has 0 saturated carbocycles. The lowest BCUT2D eigenvalue weighted by atomic mass is 10.3. The third kappa shape index (κ3) is 1.87. The molecular formula is C6H7NO4S2. The highest BCUT2D eigenvalue weighted by Crippen LogP contribution is 2.25. The Morgan fingerprint density at radius 3 is 2.46 bits per heavy atom. The van der Waals surface area contributed by atoms with Gasteiger partial charge in [-0.15, -0.1) is 11.3 Å². The van der Waals surface area contributed by atoms with Gasteiger partial charge < -0.3 is 5.11 Å². The van der Waals surface area contributed by atoms with Crippen LogP contribution in [-0.4, -0.2) is 19.5 Å². The van der Waals surface area contributed by atoms with Gasteiger partial charge in [-0.2, -0.15) is 0 Å². The summed E-state index contributed by atoms with van der Waals surface area (Å²) < 4.78 is 21.9. The van der Waals surface area contributed by atoms with Crippen molar-refractivity contribution in [1.82, 2.24) is 0 Å². The van der Waals surface area contributed by atoms with Crippen molar-refractivity contribution in [3.05, 3.63) is 15.8 Å². The zero-order valence-corrected chi connectivity index (χ0v) is 8.28. The van der Waals surface area contributed by atoms with Crippen molar-refractivity contribution in [2.45, 2.75) is 11.8 Å². The third-order valence-corrected chi connectivity index (χ3v) is 3.71. The first-order chi connectivity index (χ1) is 5.84.